The van der Waals surface area contributed by atoms with Crippen LogP contribution in [0.5, 0.6) is 5.75 Å². The Morgan fingerprint density at radius 2 is 1.73 bits per heavy atom. The molecule has 0 saturated carbocycles. The van der Waals surface area contributed by atoms with E-state index in [-0.39, 0.29) is 5.75 Å². The van der Waals surface area contributed by atoms with Gasteiger partial charge >= 0.3 is 0 Å². The summed E-state index contributed by atoms with van der Waals surface area (Å²) in [7, 11) is 0. The summed E-state index contributed by atoms with van der Waals surface area (Å²) in [6.45, 7) is 0. The average Bonchev–Trinajstić information content (AvgIpc) is 2.27. The molecular weight excluding hydrogens is 196 g/mol. The summed E-state index contributed by atoms with van der Waals surface area (Å²) in [6.07, 6.45) is 0.810. The predicted octanol–water partition coefficient (Wildman–Crippen LogP) is 2.57. The van der Waals surface area contributed by atoms with Crippen LogP contribution in [0, 0.1) is 9.81 Å². The predicted molar refractivity (Wildman–Crippen MR) is 56.4 cm³/mol. The van der Waals surface area contributed by atoms with Gasteiger partial charge in [-0.15, -0.1) is 9.81 Å². The van der Waals surface area contributed by atoms with Crippen LogP contribution in [0.3, 0.4) is 0 Å². The van der Waals surface area contributed by atoms with E-state index in [1.165, 1.54) is 0 Å². The van der Waals surface area contributed by atoms with Crippen LogP contribution in [-0.4, -0.2) is 11.3 Å². The Hall–Kier alpha value is -1.78. The molecule has 0 aliphatic carbocycles. The first kappa shape index (κ1) is 11.3. The summed E-state index contributed by atoms with van der Waals surface area (Å²) in [5.41, 5.74) is 1.04. The first-order valence-corrected chi connectivity index (χ1v) is 4.69. The fourth-order valence-corrected chi connectivity index (χ4v) is 1.28. The van der Waals surface area contributed by atoms with Crippen molar-refractivity contribution in [2.45, 2.75) is 25.4 Å². The Morgan fingerprint density at radius 3 is 2.27 bits per heavy atom. The average molecular weight is 208 g/mol. The Balaban J connectivity index is 2.34. The molecule has 0 fully saturated rings. The maximum Gasteiger partial charge on any atom is 0.222 e. The number of nitrogens with zero attached hydrogens (tertiary/aromatic N) is 2. The highest BCUT2D eigenvalue weighted by Crippen LogP contribution is 2.13. The van der Waals surface area contributed by atoms with Crippen molar-refractivity contribution < 1.29 is 5.11 Å². The number of rotatable bonds is 6. The molecule has 0 radical (unpaired) electrons. The van der Waals surface area contributed by atoms with Crippen LogP contribution >= 0.6 is 0 Å². The summed E-state index contributed by atoms with van der Waals surface area (Å²) >= 11 is 0. The molecule has 0 aliphatic rings. The molecule has 15 heavy (non-hydrogen) atoms. The lowest BCUT2D eigenvalue weighted by Gasteiger charge is -2.01. The smallest absolute Gasteiger partial charge is 0.222 e. The minimum atomic E-state index is -0.970. The van der Waals surface area contributed by atoms with E-state index >= 15 is 0 Å². The van der Waals surface area contributed by atoms with Gasteiger partial charge < -0.3 is 5.11 Å². The lowest BCUT2D eigenvalue weighted by molar-refractivity contribution is 0.475. The third-order valence-electron chi connectivity index (χ3n) is 2.11. The van der Waals surface area contributed by atoms with E-state index in [1.807, 2.05) is 0 Å². The molecule has 0 aromatic heterocycles. The first-order chi connectivity index (χ1) is 7.26. The molecule has 0 atom stereocenters. The fraction of sp³-hybridized carbons (Fsp3) is 0.400. The van der Waals surface area contributed by atoms with Crippen molar-refractivity contribution in [3.8, 4) is 5.75 Å². The third-order valence-corrected chi connectivity index (χ3v) is 2.11. The van der Waals surface area contributed by atoms with Crippen LogP contribution in [0.4, 0.5) is 0 Å². The van der Waals surface area contributed by atoms with Crippen molar-refractivity contribution in [2.24, 2.45) is 10.4 Å². The summed E-state index contributed by atoms with van der Waals surface area (Å²) in [5.74, 6) is 0.223. The molecule has 0 aliphatic heterocycles. The van der Waals surface area contributed by atoms with Crippen LogP contribution in [0.2, 0.25) is 0 Å². The molecule has 0 amide bonds. The molecule has 0 heterocycles. The Bertz CT molecular complexity index is 316. The first-order valence-electron chi connectivity index (χ1n) is 4.69. The maximum atomic E-state index is 10.0. The standard InChI is InChI=1S/C10H12N2O3/c13-9-6-4-8(5-7-9)2-1-3-10(11-14)12-15/h4-7,10,13H,1-3H2. The molecule has 0 unspecified atom stereocenters. The molecule has 80 valence electrons. The van der Waals surface area contributed by atoms with Crippen molar-refractivity contribution in [3.05, 3.63) is 39.6 Å². The van der Waals surface area contributed by atoms with Gasteiger partial charge in [-0.05, 0) is 47.3 Å². The van der Waals surface area contributed by atoms with E-state index in [9.17, 15) is 9.81 Å². The number of hydrogen-bond acceptors (Lipinski definition) is 5. The SMILES string of the molecule is O=NC(CCCc1ccc(O)cc1)N=O. The van der Waals surface area contributed by atoms with Gasteiger partial charge in [0.05, 0.1) is 0 Å². The van der Waals surface area contributed by atoms with Crippen LogP contribution in [0.1, 0.15) is 18.4 Å². The zero-order valence-corrected chi connectivity index (χ0v) is 8.17. The second kappa shape index (κ2) is 5.85. The van der Waals surface area contributed by atoms with Gasteiger partial charge in [0.15, 0.2) is 0 Å². The number of hydrogen-bond donors (Lipinski definition) is 1. The zero-order valence-electron chi connectivity index (χ0n) is 8.17. The molecule has 0 spiro atoms. The van der Waals surface area contributed by atoms with E-state index in [4.69, 9.17) is 5.11 Å². The number of aromatic hydroxyl groups is 1. The van der Waals surface area contributed by atoms with E-state index < -0.39 is 6.17 Å². The largest absolute Gasteiger partial charge is 0.508 e. The number of benzene rings is 1. The van der Waals surface area contributed by atoms with Crippen molar-refractivity contribution in [1.82, 2.24) is 0 Å². The lowest BCUT2D eigenvalue weighted by Crippen LogP contribution is -1.98. The van der Waals surface area contributed by atoms with Crippen LogP contribution in [-0.2, 0) is 6.42 Å². The lowest BCUT2D eigenvalue weighted by atomic mass is 10.1. The monoisotopic (exact) mass is 208 g/mol. The van der Waals surface area contributed by atoms with E-state index in [0.717, 1.165) is 12.0 Å². The second-order valence-corrected chi connectivity index (χ2v) is 3.25. The number of phenols is 1. The summed E-state index contributed by atoms with van der Waals surface area (Å²) in [6, 6.07) is 6.80. The van der Waals surface area contributed by atoms with Gasteiger partial charge in [-0.25, -0.2) is 0 Å². The van der Waals surface area contributed by atoms with Gasteiger partial charge in [-0.3, -0.25) is 0 Å². The highest BCUT2D eigenvalue weighted by Gasteiger charge is 2.06. The van der Waals surface area contributed by atoms with Crippen LogP contribution in [0.15, 0.2) is 34.6 Å². The maximum absolute atomic E-state index is 10.0. The molecule has 5 heteroatoms. The Morgan fingerprint density at radius 1 is 1.13 bits per heavy atom. The molecule has 1 aromatic rings. The zero-order chi connectivity index (χ0) is 11.1. The molecular formula is C10H12N2O3. The molecule has 5 nitrogen and oxygen atoms in total. The number of nitroso groups, excluding NO2 is 2. The van der Waals surface area contributed by atoms with Crippen molar-refractivity contribution in [2.75, 3.05) is 0 Å². The van der Waals surface area contributed by atoms with E-state index in [2.05, 4.69) is 10.4 Å². The van der Waals surface area contributed by atoms with Crippen molar-refractivity contribution >= 4 is 0 Å². The molecule has 1 aromatic carbocycles. The quantitative estimate of drug-likeness (QED) is 0.729. The highest BCUT2D eigenvalue weighted by atomic mass is 16.3. The van der Waals surface area contributed by atoms with Crippen LogP contribution in [0.25, 0.3) is 0 Å². The van der Waals surface area contributed by atoms with Gasteiger partial charge in [0.25, 0.3) is 0 Å². The normalized spacial score (nSPS) is 10.2. The fourth-order valence-electron chi connectivity index (χ4n) is 1.28. The third kappa shape index (κ3) is 3.84. The Labute approximate surface area is 87.1 Å². The van der Waals surface area contributed by atoms with Crippen molar-refractivity contribution in [3.63, 3.8) is 0 Å². The summed E-state index contributed by atoms with van der Waals surface area (Å²) in [4.78, 5) is 20.1. The molecule has 1 rings (SSSR count). The summed E-state index contributed by atoms with van der Waals surface area (Å²) < 4.78 is 0. The second-order valence-electron chi connectivity index (χ2n) is 3.25. The van der Waals surface area contributed by atoms with Gasteiger partial charge in [0.2, 0.25) is 6.17 Å². The van der Waals surface area contributed by atoms with Gasteiger partial charge in [-0.2, -0.15) is 0 Å². The van der Waals surface area contributed by atoms with Gasteiger partial charge in [0, 0.05) is 0 Å². The van der Waals surface area contributed by atoms with Crippen molar-refractivity contribution in [1.29, 1.82) is 0 Å². The topological polar surface area (TPSA) is 79.1 Å². The van der Waals surface area contributed by atoms with Gasteiger partial charge in [0.1, 0.15) is 5.75 Å². The minimum absolute atomic E-state index is 0.223. The molecule has 1 N–H and O–H groups in total. The number of aryl methyl sites for hydroxylation is 1. The Kier molecular flexibility index (Phi) is 4.40. The molecule has 0 bridgehead atoms. The number of phenolic OH excluding ortho intramolecular Hbond substituents is 1. The minimum Gasteiger partial charge on any atom is -0.508 e. The highest BCUT2D eigenvalue weighted by molar-refractivity contribution is 5.25. The summed E-state index contributed by atoms with van der Waals surface area (Å²) in [5, 5.41) is 14.2. The van der Waals surface area contributed by atoms with Crippen LogP contribution < -0.4 is 0 Å². The van der Waals surface area contributed by atoms with E-state index in [1.54, 1.807) is 24.3 Å². The molecule has 0 saturated heterocycles. The van der Waals surface area contributed by atoms with E-state index in [0.29, 0.717) is 12.8 Å². The van der Waals surface area contributed by atoms with Gasteiger partial charge in [-0.1, -0.05) is 12.1 Å².